The van der Waals surface area contributed by atoms with Crippen LogP contribution in [0.2, 0.25) is 0 Å². The summed E-state index contributed by atoms with van der Waals surface area (Å²) in [5.74, 6) is 0.146. The SMILES string of the molecule is CC1CCC(C(=O)N(CCCO)C2CCC2)O1. The van der Waals surface area contributed by atoms with Gasteiger partial charge < -0.3 is 14.7 Å². The van der Waals surface area contributed by atoms with Crippen molar-refractivity contribution in [3.8, 4) is 0 Å². The first kappa shape index (κ1) is 12.8. The molecule has 0 spiro atoms. The van der Waals surface area contributed by atoms with Crippen molar-refractivity contribution in [1.82, 2.24) is 4.90 Å². The predicted molar refractivity (Wildman–Crippen MR) is 64.6 cm³/mol. The van der Waals surface area contributed by atoms with Crippen LogP contribution in [0.3, 0.4) is 0 Å². The maximum atomic E-state index is 12.4. The average Bonchev–Trinajstić information content (AvgIpc) is 2.67. The van der Waals surface area contributed by atoms with Crippen LogP contribution in [0.1, 0.15) is 45.4 Å². The minimum atomic E-state index is -0.232. The summed E-state index contributed by atoms with van der Waals surface area (Å²) in [6.45, 7) is 2.85. The summed E-state index contributed by atoms with van der Waals surface area (Å²) in [6, 6.07) is 0.397. The lowest BCUT2D eigenvalue weighted by molar-refractivity contribution is -0.147. The van der Waals surface area contributed by atoms with Crippen LogP contribution in [0, 0.1) is 0 Å². The van der Waals surface area contributed by atoms with Crippen LogP contribution in [0.4, 0.5) is 0 Å². The van der Waals surface area contributed by atoms with Crippen LogP contribution in [-0.4, -0.2) is 47.3 Å². The molecule has 1 N–H and O–H groups in total. The Morgan fingerprint density at radius 1 is 1.35 bits per heavy atom. The first-order valence-corrected chi connectivity index (χ1v) is 6.79. The summed E-state index contributed by atoms with van der Waals surface area (Å²) in [4.78, 5) is 14.3. The highest BCUT2D eigenvalue weighted by atomic mass is 16.5. The molecule has 1 aliphatic heterocycles. The average molecular weight is 241 g/mol. The molecule has 1 saturated carbocycles. The van der Waals surface area contributed by atoms with Gasteiger partial charge in [0.1, 0.15) is 6.10 Å². The van der Waals surface area contributed by atoms with Gasteiger partial charge in [-0.1, -0.05) is 0 Å². The number of aliphatic hydroxyl groups excluding tert-OH is 1. The Morgan fingerprint density at radius 2 is 2.12 bits per heavy atom. The third kappa shape index (κ3) is 2.99. The lowest BCUT2D eigenvalue weighted by Crippen LogP contribution is -2.49. The van der Waals surface area contributed by atoms with Crippen LogP contribution >= 0.6 is 0 Å². The van der Waals surface area contributed by atoms with E-state index in [4.69, 9.17) is 9.84 Å². The van der Waals surface area contributed by atoms with Gasteiger partial charge >= 0.3 is 0 Å². The third-order valence-electron chi connectivity index (χ3n) is 3.86. The summed E-state index contributed by atoms with van der Waals surface area (Å²) < 4.78 is 5.65. The van der Waals surface area contributed by atoms with Crippen LogP contribution in [0.25, 0.3) is 0 Å². The van der Waals surface area contributed by atoms with E-state index >= 15 is 0 Å². The number of hydrogen-bond acceptors (Lipinski definition) is 3. The van der Waals surface area contributed by atoms with E-state index in [1.165, 1.54) is 6.42 Å². The summed E-state index contributed by atoms with van der Waals surface area (Å²) in [7, 11) is 0. The van der Waals surface area contributed by atoms with Crippen molar-refractivity contribution < 1.29 is 14.6 Å². The zero-order chi connectivity index (χ0) is 12.3. The highest BCUT2D eigenvalue weighted by Crippen LogP contribution is 2.28. The molecule has 2 unspecified atom stereocenters. The van der Waals surface area contributed by atoms with E-state index < -0.39 is 0 Å². The molecule has 0 aromatic carbocycles. The summed E-state index contributed by atoms with van der Waals surface area (Å²) in [6.07, 6.45) is 5.92. The van der Waals surface area contributed by atoms with Gasteiger partial charge in [0, 0.05) is 19.2 Å². The van der Waals surface area contributed by atoms with Gasteiger partial charge in [0.2, 0.25) is 0 Å². The molecule has 0 radical (unpaired) electrons. The zero-order valence-corrected chi connectivity index (χ0v) is 10.6. The minimum absolute atomic E-state index is 0.146. The van der Waals surface area contributed by atoms with Crippen LogP contribution < -0.4 is 0 Å². The molecule has 2 fully saturated rings. The smallest absolute Gasteiger partial charge is 0.251 e. The van der Waals surface area contributed by atoms with E-state index in [0.717, 1.165) is 25.7 Å². The molecular weight excluding hydrogens is 218 g/mol. The van der Waals surface area contributed by atoms with Crippen molar-refractivity contribution in [2.45, 2.75) is 63.7 Å². The van der Waals surface area contributed by atoms with E-state index in [9.17, 15) is 4.79 Å². The van der Waals surface area contributed by atoms with E-state index in [1.54, 1.807) is 0 Å². The maximum Gasteiger partial charge on any atom is 0.251 e. The maximum absolute atomic E-state index is 12.4. The molecule has 0 bridgehead atoms. The fraction of sp³-hybridized carbons (Fsp3) is 0.923. The second-order valence-corrected chi connectivity index (χ2v) is 5.21. The first-order chi connectivity index (χ1) is 8.22. The van der Waals surface area contributed by atoms with Crippen molar-refractivity contribution in [2.24, 2.45) is 0 Å². The normalized spacial score (nSPS) is 29.1. The Balaban J connectivity index is 1.91. The van der Waals surface area contributed by atoms with E-state index in [0.29, 0.717) is 19.0 Å². The minimum Gasteiger partial charge on any atom is -0.396 e. The van der Waals surface area contributed by atoms with Gasteiger partial charge in [0.25, 0.3) is 5.91 Å². The molecule has 4 nitrogen and oxygen atoms in total. The molecule has 17 heavy (non-hydrogen) atoms. The van der Waals surface area contributed by atoms with Crippen molar-refractivity contribution in [3.63, 3.8) is 0 Å². The van der Waals surface area contributed by atoms with Crippen LogP contribution in [-0.2, 0) is 9.53 Å². The number of ether oxygens (including phenoxy) is 1. The molecule has 1 amide bonds. The quantitative estimate of drug-likeness (QED) is 0.789. The molecule has 1 heterocycles. The van der Waals surface area contributed by atoms with Crippen molar-refractivity contribution in [2.75, 3.05) is 13.2 Å². The second-order valence-electron chi connectivity index (χ2n) is 5.21. The number of rotatable bonds is 5. The highest BCUT2D eigenvalue weighted by Gasteiger charge is 2.36. The number of amides is 1. The van der Waals surface area contributed by atoms with Crippen molar-refractivity contribution in [3.05, 3.63) is 0 Å². The Hall–Kier alpha value is -0.610. The number of carbonyl (C=O) groups excluding carboxylic acids is 1. The van der Waals surface area contributed by atoms with Crippen LogP contribution in [0.15, 0.2) is 0 Å². The lowest BCUT2D eigenvalue weighted by Gasteiger charge is -2.38. The van der Waals surface area contributed by atoms with Crippen LogP contribution in [0.5, 0.6) is 0 Å². The number of carbonyl (C=O) groups is 1. The monoisotopic (exact) mass is 241 g/mol. The van der Waals surface area contributed by atoms with Gasteiger partial charge in [-0.3, -0.25) is 4.79 Å². The Morgan fingerprint density at radius 3 is 2.59 bits per heavy atom. The fourth-order valence-electron chi connectivity index (χ4n) is 2.58. The third-order valence-corrected chi connectivity index (χ3v) is 3.86. The lowest BCUT2D eigenvalue weighted by atomic mass is 9.91. The van der Waals surface area contributed by atoms with Crippen molar-refractivity contribution >= 4 is 5.91 Å². The molecule has 2 atom stereocenters. The summed E-state index contributed by atoms with van der Waals surface area (Å²) in [5.41, 5.74) is 0. The Kier molecular flexibility index (Phi) is 4.40. The van der Waals surface area contributed by atoms with Gasteiger partial charge in [-0.15, -0.1) is 0 Å². The Labute approximate surface area is 103 Å². The van der Waals surface area contributed by atoms with Gasteiger partial charge in [-0.05, 0) is 45.4 Å². The summed E-state index contributed by atoms with van der Waals surface area (Å²) >= 11 is 0. The van der Waals surface area contributed by atoms with Crippen molar-refractivity contribution in [1.29, 1.82) is 0 Å². The van der Waals surface area contributed by atoms with Gasteiger partial charge in [0.15, 0.2) is 0 Å². The van der Waals surface area contributed by atoms with Gasteiger partial charge in [0.05, 0.1) is 6.10 Å². The predicted octanol–water partition coefficient (Wildman–Crippen LogP) is 1.32. The molecule has 2 aliphatic rings. The molecule has 1 aliphatic carbocycles. The van der Waals surface area contributed by atoms with E-state index in [-0.39, 0.29) is 24.7 Å². The number of nitrogens with zero attached hydrogens (tertiary/aromatic N) is 1. The standard InChI is InChI=1S/C13H23NO3/c1-10-6-7-12(17-10)13(16)14(8-3-9-15)11-4-2-5-11/h10-12,15H,2-9H2,1H3. The Bertz CT molecular complexity index is 265. The molecule has 2 rings (SSSR count). The zero-order valence-electron chi connectivity index (χ0n) is 10.6. The number of aliphatic hydroxyl groups is 1. The summed E-state index contributed by atoms with van der Waals surface area (Å²) in [5, 5.41) is 8.91. The topological polar surface area (TPSA) is 49.8 Å². The van der Waals surface area contributed by atoms with Gasteiger partial charge in [-0.25, -0.2) is 0 Å². The highest BCUT2D eigenvalue weighted by molar-refractivity contribution is 5.81. The molecule has 0 aromatic rings. The molecular formula is C13H23NO3. The molecule has 1 saturated heterocycles. The molecule has 98 valence electrons. The number of hydrogen-bond donors (Lipinski definition) is 1. The molecule has 0 aromatic heterocycles. The molecule has 4 heteroatoms. The van der Waals surface area contributed by atoms with Gasteiger partial charge in [-0.2, -0.15) is 0 Å². The fourth-order valence-corrected chi connectivity index (χ4v) is 2.58. The second kappa shape index (κ2) is 5.83. The van der Waals surface area contributed by atoms with E-state index in [1.807, 2.05) is 11.8 Å². The first-order valence-electron chi connectivity index (χ1n) is 6.79. The van der Waals surface area contributed by atoms with E-state index in [2.05, 4.69) is 0 Å². The largest absolute Gasteiger partial charge is 0.396 e.